The normalized spacial score (nSPS) is 12.4. The predicted octanol–water partition coefficient (Wildman–Crippen LogP) is 3.14. The molecule has 3 nitrogen and oxygen atoms in total. The minimum atomic E-state index is -0.0969. The molecule has 0 amide bonds. The molecule has 0 fully saturated rings. The number of aromatic nitrogens is 1. The molecule has 18 heavy (non-hydrogen) atoms. The van der Waals surface area contributed by atoms with Gasteiger partial charge in [0.05, 0.1) is 11.1 Å². The first-order valence-corrected chi connectivity index (χ1v) is 6.27. The fourth-order valence-corrected chi connectivity index (χ4v) is 2.27. The number of hydrogen-bond donors (Lipinski definition) is 2. The lowest BCUT2D eigenvalue weighted by Crippen LogP contribution is -2.29. The zero-order valence-corrected chi connectivity index (χ0v) is 11.1. The van der Waals surface area contributed by atoms with E-state index in [4.69, 9.17) is 29.0 Å². The summed E-state index contributed by atoms with van der Waals surface area (Å²) in [6.45, 7) is 0. The fraction of sp³-hybridized carbons (Fsp3) is 0.154. The van der Waals surface area contributed by atoms with Crippen LogP contribution in [0.1, 0.15) is 17.2 Å². The lowest BCUT2D eigenvalue weighted by atomic mass is 10.0. The summed E-state index contributed by atoms with van der Waals surface area (Å²) in [5, 5.41) is 1.32. The number of pyridine rings is 1. The van der Waals surface area contributed by atoms with Crippen molar-refractivity contribution in [1.82, 2.24) is 10.4 Å². The average Bonchev–Trinajstić information content (AvgIpc) is 2.39. The van der Waals surface area contributed by atoms with E-state index in [1.54, 1.807) is 12.4 Å². The molecular formula is C13H13Cl2N3. The molecule has 0 aliphatic carbocycles. The van der Waals surface area contributed by atoms with E-state index in [0.29, 0.717) is 11.4 Å². The van der Waals surface area contributed by atoms with Crippen molar-refractivity contribution in [2.24, 2.45) is 5.84 Å². The van der Waals surface area contributed by atoms with Crippen molar-refractivity contribution in [3.05, 3.63) is 63.9 Å². The lowest BCUT2D eigenvalue weighted by molar-refractivity contribution is 0.551. The van der Waals surface area contributed by atoms with E-state index in [-0.39, 0.29) is 6.04 Å². The monoisotopic (exact) mass is 281 g/mol. The third-order valence-corrected chi connectivity index (χ3v) is 3.45. The summed E-state index contributed by atoms with van der Waals surface area (Å²) in [6, 6.07) is 9.43. The van der Waals surface area contributed by atoms with Crippen LogP contribution in [0, 0.1) is 0 Å². The molecule has 0 saturated carbocycles. The number of nitrogens with zero attached hydrogens (tertiary/aromatic N) is 1. The number of hydrazine groups is 1. The van der Waals surface area contributed by atoms with Crippen LogP contribution < -0.4 is 11.3 Å². The van der Waals surface area contributed by atoms with Crippen LogP contribution in [0.25, 0.3) is 0 Å². The molecular weight excluding hydrogens is 269 g/mol. The smallest absolute Gasteiger partial charge is 0.0637 e. The van der Waals surface area contributed by atoms with Gasteiger partial charge in [-0.2, -0.15) is 0 Å². The van der Waals surface area contributed by atoms with Gasteiger partial charge in [0.2, 0.25) is 0 Å². The fourth-order valence-electron chi connectivity index (χ4n) is 1.81. The molecule has 1 aromatic carbocycles. The highest BCUT2D eigenvalue weighted by atomic mass is 35.5. The average molecular weight is 282 g/mol. The number of benzene rings is 1. The SMILES string of the molecule is NNC(Cc1ccccc1Cl)c1ccncc1Cl. The van der Waals surface area contributed by atoms with Gasteiger partial charge in [0.15, 0.2) is 0 Å². The quantitative estimate of drug-likeness (QED) is 0.669. The van der Waals surface area contributed by atoms with Crippen LogP contribution in [-0.2, 0) is 6.42 Å². The van der Waals surface area contributed by atoms with Crippen molar-refractivity contribution >= 4 is 23.2 Å². The largest absolute Gasteiger partial charge is 0.271 e. The Balaban J connectivity index is 2.26. The summed E-state index contributed by atoms with van der Waals surface area (Å²) in [5.74, 6) is 5.60. The van der Waals surface area contributed by atoms with Crippen LogP contribution in [0.2, 0.25) is 10.0 Å². The van der Waals surface area contributed by atoms with E-state index in [9.17, 15) is 0 Å². The van der Waals surface area contributed by atoms with Crippen molar-refractivity contribution in [1.29, 1.82) is 0 Å². The third kappa shape index (κ3) is 3.00. The highest BCUT2D eigenvalue weighted by Crippen LogP contribution is 2.26. The highest BCUT2D eigenvalue weighted by molar-refractivity contribution is 6.31. The summed E-state index contributed by atoms with van der Waals surface area (Å²) in [5.41, 5.74) is 4.70. The Bertz CT molecular complexity index is 531. The Kier molecular flexibility index (Phi) is 4.55. The first kappa shape index (κ1) is 13.3. The minimum Gasteiger partial charge on any atom is -0.271 e. The van der Waals surface area contributed by atoms with Crippen LogP contribution >= 0.6 is 23.2 Å². The Hall–Kier alpha value is -1.13. The maximum atomic E-state index is 6.14. The molecule has 0 aliphatic heterocycles. The van der Waals surface area contributed by atoms with Gasteiger partial charge in [-0.3, -0.25) is 16.3 Å². The molecule has 0 spiro atoms. The van der Waals surface area contributed by atoms with E-state index in [2.05, 4.69) is 10.4 Å². The van der Waals surface area contributed by atoms with Gasteiger partial charge < -0.3 is 0 Å². The van der Waals surface area contributed by atoms with Crippen molar-refractivity contribution in [3.8, 4) is 0 Å². The van der Waals surface area contributed by atoms with Gasteiger partial charge in [0.25, 0.3) is 0 Å². The van der Waals surface area contributed by atoms with Gasteiger partial charge >= 0.3 is 0 Å². The molecule has 2 aromatic rings. The van der Waals surface area contributed by atoms with Crippen LogP contribution in [0.4, 0.5) is 0 Å². The first-order valence-electron chi connectivity index (χ1n) is 5.51. The van der Waals surface area contributed by atoms with Crippen LogP contribution in [0.3, 0.4) is 0 Å². The summed E-state index contributed by atoms with van der Waals surface area (Å²) in [6.07, 6.45) is 3.96. The molecule has 0 aliphatic rings. The Morgan fingerprint density at radius 2 is 1.94 bits per heavy atom. The van der Waals surface area contributed by atoms with Crippen LogP contribution in [0.15, 0.2) is 42.7 Å². The molecule has 1 atom stereocenters. The maximum absolute atomic E-state index is 6.14. The molecule has 0 saturated heterocycles. The van der Waals surface area contributed by atoms with Gasteiger partial charge in [-0.25, -0.2) is 0 Å². The standard InChI is InChI=1S/C13H13Cl2N3/c14-11-4-2-1-3-9(11)7-13(18-16)10-5-6-17-8-12(10)15/h1-6,8,13,18H,7,16H2. The summed E-state index contributed by atoms with van der Waals surface area (Å²) >= 11 is 12.3. The molecule has 1 heterocycles. The molecule has 5 heteroatoms. The van der Waals surface area contributed by atoms with E-state index in [1.165, 1.54) is 0 Å². The molecule has 1 aromatic heterocycles. The molecule has 0 bridgehead atoms. The van der Waals surface area contributed by atoms with E-state index < -0.39 is 0 Å². The zero-order valence-electron chi connectivity index (χ0n) is 9.61. The number of rotatable bonds is 4. The molecule has 94 valence electrons. The van der Waals surface area contributed by atoms with Crippen molar-refractivity contribution in [3.63, 3.8) is 0 Å². The minimum absolute atomic E-state index is 0.0969. The first-order chi connectivity index (χ1) is 8.72. The molecule has 1 unspecified atom stereocenters. The van der Waals surface area contributed by atoms with Gasteiger partial charge in [-0.1, -0.05) is 41.4 Å². The topological polar surface area (TPSA) is 50.9 Å². The van der Waals surface area contributed by atoms with Crippen LogP contribution in [0.5, 0.6) is 0 Å². The number of hydrogen-bond acceptors (Lipinski definition) is 3. The summed E-state index contributed by atoms with van der Waals surface area (Å²) in [4.78, 5) is 3.96. The van der Waals surface area contributed by atoms with Crippen molar-refractivity contribution in [2.45, 2.75) is 12.5 Å². The number of nitrogens with one attached hydrogen (secondary N) is 1. The van der Waals surface area contributed by atoms with Crippen molar-refractivity contribution in [2.75, 3.05) is 0 Å². The Labute approximate surface area is 116 Å². The summed E-state index contributed by atoms with van der Waals surface area (Å²) in [7, 11) is 0. The van der Waals surface area contributed by atoms with E-state index in [1.807, 2.05) is 30.3 Å². The Morgan fingerprint density at radius 1 is 1.17 bits per heavy atom. The van der Waals surface area contributed by atoms with Gasteiger partial charge in [-0.05, 0) is 29.7 Å². The summed E-state index contributed by atoms with van der Waals surface area (Å²) < 4.78 is 0. The zero-order chi connectivity index (χ0) is 13.0. The van der Waals surface area contributed by atoms with Crippen molar-refractivity contribution < 1.29 is 0 Å². The third-order valence-electron chi connectivity index (χ3n) is 2.76. The van der Waals surface area contributed by atoms with E-state index in [0.717, 1.165) is 16.1 Å². The lowest BCUT2D eigenvalue weighted by Gasteiger charge is -2.18. The molecule has 2 rings (SSSR count). The highest BCUT2D eigenvalue weighted by Gasteiger charge is 2.15. The second kappa shape index (κ2) is 6.16. The second-order valence-electron chi connectivity index (χ2n) is 3.91. The maximum Gasteiger partial charge on any atom is 0.0637 e. The van der Waals surface area contributed by atoms with Gasteiger partial charge in [-0.15, -0.1) is 0 Å². The van der Waals surface area contributed by atoms with E-state index >= 15 is 0 Å². The van der Waals surface area contributed by atoms with Crippen LogP contribution in [-0.4, -0.2) is 4.98 Å². The van der Waals surface area contributed by atoms with Gasteiger partial charge in [0, 0.05) is 17.4 Å². The van der Waals surface area contributed by atoms with Gasteiger partial charge in [0.1, 0.15) is 0 Å². The number of halogens is 2. The molecule has 3 N–H and O–H groups in total. The Morgan fingerprint density at radius 3 is 2.61 bits per heavy atom. The number of nitrogens with two attached hydrogens (primary N) is 1. The molecule has 0 radical (unpaired) electrons. The second-order valence-corrected chi connectivity index (χ2v) is 4.73. The predicted molar refractivity (Wildman–Crippen MR) is 74.5 cm³/mol.